The Bertz CT molecular complexity index is 1410. The molecule has 5 aliphatic heterocycles. The number of aliphatic imine (C=N–C) groups is 3. The average molecular weight is 543 g/mol. The molecule has 0 saturated carbocycles. The Balaban J connectivity index is 1.45. The van der Waals surface area contributed by atoms with Gasteiger partial charge < -0.3 is 14.8 Å². The van der Waals surface area contributed by atoms with Gasteiger partial charge in [0.2, 0.25) is 0 Å². The Morgan fingerprint density at radius 2 is 1.57 bits per heavy atom. The summed E-state index contributed by atoms with van der Waals surface area (Å²) in [6.45, 7) is 20.5. The monoisotopic (exact) mass is 542 g/mol. The minimum Gasteiger partial charge on any atom is -0.362 e. The number of ether oxygens (including phenoxy) is 2. The Hall–Kier alpha value is -3.07. The van der Waals surface area contributed by atoms with Gasteiger partial charge in [-0.05, 0) is 45.8 Å². The molecule has 0 radical (unpaired) electrons. The maximum Gasteiger partial charge on any atom is 0.198 e. The summed E-state index contributed by atoms with van der Waals surface area (Å²) in [5, 5.41) is 23.7. The second-order valence-corrected chi connectivity index (χ2v) is 14.5. The molecule has 5 heterocycles. The van der Waals surface area contributed by atoms with Gasteiger partial charge in [-0.2, -0.15) is 10.5 Å². The lowest BCUT2D eigenvalue weighted by atomic mass is 9.74. The van der Waals surface area contributed by atoms with E-state index < -0.39 is 16.7 Å². The predicted molar refractivity (Wildman–Crippen MR) is 157 cm³/mol. The van der Waals surface area contributed by atoms with Crippen LogP contribution in [-0.4, -0.2) is 48.2 Å². The molecule has 1 unspecified atom stereocenters. The van der Waals surface area contributed by atoms with Gasteiger partial charge in [0.1, 0.15) is 11.6 Å². The van der Waals surface area contributed by atoms with Crippen molar-refractivity contribution in [2.75, 3.05) is 19.8 Å². The van der Waals surface area contributed by atoms with Gasteiger partial charge in [-0.1, -0.05) is 41.5 Å². The van der Waals surface area contributed by atoms with E-state index in [0.717, 1.165) is 47.1 Å². The molecule has 0 aromatic rings. The molecule has 0 aromatic carbocycles. The Morgan fingerprint density at radius 3 is 2.17 bits per heavy atom. The molecule has 1 spiro atoms. The van der Waals surface area contributed by atoms with Crippen LogP contribution in [0.5, 0.6) is 0 Å². The first kappa shape index (κ1) is 28.5. The van der Waals surface area contributed by atoms with E-state index in [0.29, 0.717) is 31.8 Å². The van der Waals surface area contributed by atoms with Crippen molar-refractivity contribution in [3.63, 3.8) is 0 Å². The molecule has 0 aliphatic carbocycles. The summed E-state index contributed by atoms with van der Waals surface area (Å²) in [5.41, 5.74) is 4.28. The van der Waals surface area contributed by atoms with Gasteiger partial charge in [0.25, 0.3) is 0 Å². The lowest BCUT2D eigenvalue weighted by Crippen LogP contribution is -2.48. The van der Waals surface area contributed by atoms with E-state index in [-0.39, 0.29) is 16.2 Å². The predicted octanol–water partition coefficient (Wildman–Crippen LogP) is 5.80. The summed E-state index contributed by atoms with van der Waals surface area (Å²) < 4.78 is 12.0. The molecule has 5 aliphatic rings. The fourth-order valence-electron chi connectivity index (χ4n) is 6.50. The van der Waals surface area contributed by atoms with Crippen LogP contribution < -0.4 is 5.32 Å². The Kier molecular flexibility index (Phi) is 6.38. The summed E-state index contributed by atoms with van der Waals surface area (Å²) in [6, 6.07) is 4.84. The number of rotatable bonds is 3. The van der Waals surface area contributed by atoms with Crippen molar-refractivity contribution in [1.82, 2.24) is 5.32 Å². The van der Waals surface area contributed by atoms with Gasteiger partial charge in [0.05, 0.1) is 48.2 Å². The molecule has 40 heavy (non-hydrogen) atoms. The van der Waals surface area contributed by atoms with Crippen LogP contribution in [-0.2, 0) is 9.47 Å². The first-order valence-corrected chi connectivity index (χ1v) is 14.2. The number of allylic oxidation sites excluding steroid dienone is 6. The van der Waals surface area contributed by atoms with E-state index in [1.165, 1.54) is 0 Å². The fourth-order valence-corrected chi connectivity index (χ4v) is 6.50. The largest absolute Gasteiger partial charge is 0.362 e. The van der Waals surface area contributed by atoms with Crippen LogP contribution in [0, 0.1) is 44.3 Å². The van der Waals surface area contributed by atoms with Gasteiger partial charge in [-0.15, -0.1) is 0 Å². The molecular formula is C32H42N6O2. The van der Waals surface area contributed by atoms with Crippen LogP contribution in [0.15, 0.2) is 49.8 Å². The van der Waals surface area contributed by atoms with Crippen LogP contribution in [0.2, 0.25) is 0 Å². The molecule has 2 fully saturated rings. The third-order valence-corrected chi connectivity index (χ3v) is 9.74. The van der Waals surface area contributed by atoms with Gasteiger partial charge in [0.15, 0.2) is 5.79 Å². The van der Waals surface area contributed by atoms with Crippen LogP contribution in [0.25, 0.3) is 0 Å². The SMILES string of the molecule is CC1(C)C/C(=C(\C#N)C2=NCC3(OCCO3)C2(C)C)N=C1/C=C1\CC(C)(C)/C(=C/C2=NC(C)(C#N)C(C)(C)C2)N1. The standard InChI is InChI=1S/C32H42N6O2/c1-27(2)14-20(36-24(27)13-21-15-29(5,6)31(9,18-34)38-21)12-25-28(3,4)16-23(37-25)22(17-33)26-30(7,8)32(19-35-26)39-10-11-40-32/h12-13,36H,10-11,14-16,19H2,1-9H3/b20-12+,23-22-,24-13-. The van der Waals surface area contributed by atoms with Crippen LogP contribution in [0.3, 0.4) is 0 Å². The maximum atomic E-state index is 10.3. The first-order valence-electron chi connectivity index (χ1n) is 14.2. The smallest absolute Gasteiger partial charge is 0.198 e. The molecule has 8 nitrogen and oxygen atoms in total. The van der Waals surface area contributed by atoms with Crippen LogP contribution in [0.1, 0.15) is 81.6 Å². The second kappa shape index (κ2) is 8.96. The highest BCUT2D eigenvalue weighted by Gasteiger charge is 2.58. The van der Waals surface area contributed by atoms with Crippen molar-refractivity contribution in [2.45, 2.75) is 92.9 Å². The van der Waals surface area contributed by atoms with Gasteiger partial charge >= 0.3 is 0 Å². The van der Waals surface area contributed by atoms with Gasteiger partial charge in [-0.3, -0.25) is 15.0 Å². The average Bonchev–Trinajstić information content (AvgIpc) is 3.61. The van der Waals surface area contributed by atoms with Gasteiger partial charge in [-0.25, -0.2) is 0 Å². The minimum absolute atomic E-state index is 0.109. The van der Waals surface area contributed by atoms with Crippen molar-refractivity contribution < 1.29 is 9.47 Å². The molecule has 0 aromatic heterocycles. The summed E-state index contributed by atoms with van der Waals surface area (Å²) in [4.78, 5) is 14.6. The van der Waals surface area contributed by atoms with E-state index in [4.69, 9.17) is 24.5 Å². The summed E-state index contributed by atoms with van der Waals surface area (Å²) in [5.74, 6) is -0.806. The number of nitrogens with zero attached hydrogens (tertiary/aromatic N) is 5. The van der Waals surface area contributed by atoms with Crippen molar-refractivity contribution in [3.8, 4) is 12.1 Å². The normalized spacial score (nSPS) is 33.9. The number of hydrogen-bond acceptors (Lipinski definition) is 8. The van der Waals surface area contributed by atoms with E-state index in [1.807, 2.05) is 20.8 Å². The number of hydrogen-bond donors (Lipinski definition) is 1. The molecule has 1 N–H and O–H groups in total. The molecule has 8 heteroatoms. The van der Waals surface area contributed by atoms with E-state index in [1.54, 1.807) is 0 Å². The zero-order valence-electron chi connectivity index (χ0n) is 25.4. The Labute approximate surface area is 238 Å². The van der Waals surface area contributed by atoms with Crippen molar-refractivity contribution in [1.29, 1.82) is 10.5 Å². The molecule has 0 bridgehead atoms. The summed E-state index contributed by atoms with van der Waals surface area (Å²) in [7, 11) is 0. The summed E-state index contributed by atoms with van der Waals surface area (Å²) in [6.07, 6.45) is 6.54. The highest BCUT2D eigenvalue weighted by atomic mass is 16.7. The molecule has 2 saturated heterocycles. The zero-order chi connectivity index (χ0) is 29.4. The number of nitriles is 2. The van der Waals surface area contributed by atoms with Crippen molar-refractivity contribution in [2.24, 2.45) is 36.6 Å². The third-order valence-electron chi connectivity index (χ3n) is 9.74. The second-order valence-electron chi connectivity index (χ2n) is 14.5. The van der Waals surface area contributed by atoms with Gasteiger partial charge in [0, 0.05) is 45.5 Å². The molecular weight excluding hydrogens is 500 g/mol. The highest BCUT2D eigenvalue weighted by Crippen LogP contribution is 2.48. The van der Waals surface area contributed by atoms with E-state index in [2.05, 4.69) is 71.1 Å². The summed E-state index contributed by atoms with van der Waals surface area (Å²) >= 11 is 0. The first-order chi connectivity index (χ1) is 18.5. The quantitative estimate of drug-likeness (QED) is 0.453. The van der Waals surface area contributed by atoms with Crippen molar-refractivity contribution in [3.05, 3.63) is 34.8 Å². The minimum atomic E-state index is -0.806. The van der Waals surface area contributed by atoms with Crippen LogP contribution in [0.4, 0.5) is 0 Å². The maximum absolute atomic E-state index is 10.3. The molecule has 0 amide bonds. The highest BCUT2D eigenvalue weighted by molar-refractivity contribution is 6.11. The van der Waals surface area contributed by atoms with Crippen molar-refractivity contribution >= 4 is 17.1 Å². The molecule has 5 rings (SSSR count). The molecule has 212 valence electrons. The topological polar surface area (TPSA) is 115 Å². The third kappa shape index (κ3) is 4.28. The zero-order valence-corrected chi connectivity index (χ0v) is 25.4. The Morgan fingerprint density at radius 1 is 0.900 bits per heavy atom. The molecule has 1 atom stereocenters. The fraction of sp³-hybridized carbons (Fsp3) is 0.656. The lowest BCUT2D eigenvalue weighted by Gasteiger charge is -2.36. The number of nitrogens with one attached hydrogen (secondary N) is 1. The van der Waals surface area contributed by atoms with Crippen LogP contribution >= 0.6 is 0 Å². The van der Waals surface area contributed by atoms with E-state index in [9.17, 15) is 10.5 Å². The van der Waals surface area contributed by atoms with E-state index >= 15 is 0 Å². The lowest BCUT2D eigenvalue weighted by molar-refractivity contribution is -0.190.